The monoisotopic (exact) mass is 342 g/mol. The molecule has 1 amide bonds. The summed E-state index contributed by atoms with van der Waals surface area (Å²) in [5.41, 5.74) is 2.31. The van der Waals surface area contributed by atoms with Crippen LogP contribution in [-0.4, -0.2) is 54.7 Å². The van der Waals surface area contributed by atoms with E-state index in [1.165, 1.54) is 5.56 Å². The number of amides is 1. The molecular weight excluding hydrogens is 321 g/mol. The van der Waals surface area contributed by atoms with Gasteiger partial charge in [0.2, 0.25) is 5.91 Å². The number of likely N-dealkylation sites (tertiary alicyclic amines) is 1. The highest BCUT2D eigenvalue weighted by atomic mass is 19.4. The molecule has 7 heteroatoms. The van der Waals surface area contributed by atoms with Crippen LogP contribution in [0.5, 0.6) is 5.75 Å². The van der Waals surface area contributed by atoms with Gasteiger partial charge in [-0.15, -0.1) is 0 Å². The average molecular weight is 342 g/mol. The van der Waals surface area contributed by atoms with E-state index in [1.807, 2.05) is 23.1 Å². The predicted molar refractivity (Wildman–Crippen MR) is 82.8 cm³/mol. The summed E-state index contributed by atoms with van der Waals surface area (Å²) in [6, 6.07) is 5.43. The van der Waals surface area contributed by atoms with Gasteiger partial charge in [0, 0.05) is 13.1 Å². The molecule has 1 saturated heterocycles. The van der Waals surface area contributed by atoms with Crippen molar-refractivity contribution >= 4 is 5.91 Å². The third-order valence-corrected chi connectivity index (χ3v) is 4.76. The molecule has 0 radical (unpaired) electrons. The molecule has 0 saturated carbocycles. The molecule has 2 heterocycles. The first-order chi connectivity index (χ1) is 11.4. The summed E-state index contributed by atoms with van der Waals surface area (Å²) in [5.74, 6) is 0.403. The molecule has 24 heavy (non-hydrogen) atoms. The number of nitrogens with zero attached hydrogens (tertiary/aromatic N) is 2. The van der Waals surface area contributed by atoms with Gasteiger partial charge in [-0.2, -0.15) is 13.2 Å². The van der Waals surface area contributed by atoms with Crippen molar-refractivity contribution in [1.82, 2.24) is 9.80 Å². The number of benzene rings is 1. The lowest BCUT2D eigenvalue weighted by molar-refractivity contribution is -0.159. The topological polar surface area (TPSA) is 32.8 Å². The third kappa shape index (κ3) is 3.66. The fourth-order valence-corrected chi connectivity index (χ4v) is 3.59. The van der Waals surface area contributed by atoms with Crippen molar-refractivity contribution in [3.63, 3.8) is 0 Å². The van der Waals surface area contributed by atoms with Gasteiger partial charge in [-0.05, 0) is 49.1 Å². The molecule has 4 nitrogen and oxygen atoms in total. The number of halogens is 3. The van der Waals surface area contributed by atoms with Gasteiger partial charge in [-0.1, -0.05) is 6.07 Å². The molecule has 2 aliphatic rings. The Kier molecular flexibility index (Phi) is 4.71. The summed E-state index contributed by atoms with van der Waals surface area (Å²) in [4.78, 5) is 15.3. The molecule has 0 aromatic heterocycles. The third-order valence-electron chi connectivity index (χ3n) is 4.76. The van der Waals surface area contributed by atoms with Crippen LogP contribution in [0.25, 0.3) is 0 Å². The molecule has 0 aliphatic carbocycles. The first kappa shape index (κ1) is 17.1. The molecule has 1 fully saturated rings. The summed E-state index contributed by atoms with van der Waals surface area (Å²) in [5, 5.41) is 0. The van der Waals surface area contributed by atoms with E-state index >= 15 is 0 Å². The number of carbonyl (C=O) groups excluding carboxylic acids is 1. The zero-order valence-corrected chi connectivity index (χ0v) is 13.6. The predicted octanol–water partition coefficient (Wildman–Crippen LogP) is 2.61. The number of hydrogen-bond acceptors (Lipinski definition) is 3. The molecule has 2 aliphatic heterocycles. The van der Waals surface area contributed by atoms with Gasteiger partial charge in [-0.25, -0.2) is 0 Å². The van der Waals surface area contributed by atoms with Crippen molar-refractivity contribution in [3.8, 4) is 5.75 Å². The van der Waals surface area contributed by atoms with Crippen LogP contribution in [0.2, 0.25) is 0 Å². The minimum absolute atomic E-state index is 0.176. The van der Waals surface area contributed by atoms with Gasteiger partial charge < -0.3 is 9.64 Å². The Morgan fingerprint density at radius 1 is 1.25 bits per heavy atom. The van der Waals surface area contributed by atoms with E-state index in [9.17, 15) is 18.0 Å². The zero-order chi connectivity index (χ0) is 17.3. The minimum Gasteiger partial charge on any atom is -0.497 e. The lowest BCUT2D eigenvalue weighted by Crippen LogP contribution is -2.43. The zero-order valence-electron chi connectivity index (χ0n) is 13.6. The maximum atomic E-state index is 12.6. The summed E-state index contributed by atoms with van der Waals surface area (Å²) in [6.45, 7) is 0.335. The normalized spacial score (nSPS) is 22.4. The average Bonchev–Trinajstić information content (AvgIpc) is 2.75. The number of rotatable bonds is 3. The Morgan fingerprint density at radius 2 is 2.04 bits per heavy atom. The standard InChI is InChI=1S/C17H21F3N2O2/c1-24-14-5-4-13-10-21(7-2-3-12(13)9-14)15-6-8-22(16(15)23)11-17(18,19)20/h4-5,9,15H,2-3,6-8,10-11H2,1H3. The summed E-state index contributed by atoms with van der Waals surface area (Å²) in [7, 11) is 1.62. The van der Waals surface area contributed by atoms with Gasteiger partial charge in [0.25, 0.3) is 0 Å². The second kappa shape index (κ2) is 6.63. The first-order valence-electron chi connectivity index (χ1n) is 8.13. The van der Waals surface area contributed by atoms with Crippen molar-refractivity contribution in [1.29, 1.82) is 0 Å². The number of methoxy groups -OCH3 is 1. The molecule has 1 atom stereocenters. The molecule has 1 unspecified atom stereocenters. The Hall–Kier alpha value is -1.76. The van der Waals surface area contributed by atoms with E-state index in [2.05, 4.69) is 0 Å². The van der Waals surface area contributed by atoms with E-state index in [1.54, 1.807) is 7.11 Å². The van der Waals surface area contributed by atoms with Gasteiger partial charge in [0.1, 0.15) is 12.3 Å². The van der Waals surface area contributed by atoms with Gasteiger partial charge >= 0.3 is 6.18 Å². The molecule has 0 spiro atoms. The summed E-state index contributed by atoms with van der Waals surface area (Å²) >= 11 is 0. The van der Waals surface area contributed by atoms with Crippen LogP contribution in [-0.2, 0) is 17.8 Å². The van der Waals surface area contributed by atoms with Crippen molar-refractivity contribution in [3.05, 3.63) is 29.3 Å². The van der Waals surface area contributed by atoms with Crippen molar-refractivity contribution in [2.45, 2.75) is 38.0 Å². The molecule has 132 valence electrons. The fraction of sp³-hybridized carbons (Fsp3) is 0.588. The second-order valence-corrected chi connectivity index (χ2v) is 6.39. The maximum absolute atomic E-state index is 12.6. The van der Waals surface area contributed by atoms with Crippen LogP contribution in [0.1, 0.15) is 24.0 Å². The van der Waals surface area contributed by atoms with Gasteiger partial charge in [0.15, 0.2) is 0 Å². The minimum atomic E-state index is -4.34. The molecule has 1 aromatic carbocycles. The molecule has 0 N–H and O–H groups in total. The van der Waals surface area contributed by atoms with Crippen molar-refractivity contribution in [2.24, 2.45) is 0 Å². The van der Waals surface area contributed by atoms with E-state index in [0.717, 1.165) is 29.1 Å². The molecular formula is C17H21F3N2O2. The Bertz CT molecular complexity index is 618. The first-order valence-corrected chi connectivity index (χ1v) is 8.13. The Balaban J connectivity index is 1.72. The lowest BCUT2D eigenvalue weighted by Gasteiger charge is -2.27. The van der Waals surface area contributed by atoms with Crippen molar-refractivity contribution < 1.29 is 22.7 Å². The van der Waals surface area contributed by atoms with E-state index < -0.39 is 24.7 Å². The van der Waals surface area contributed by atoms with Gasteiger partial charge in [-0.3, -0.25) is 9.69 Å². The summed E-state index contributed by atoms with van der Waals surface area (Å²) < 4.78 is 42.9. The van der Waals surface area contributed by atoms with Crippen LogP contribution in [0.3, 0.4) is 0 Å². The van der Waals surface area contributed by atoms with Crippen LogP contribution in [0.15, 0.2) is 18.2 Å². The molecule has 0 bridgehead atoms. The highest BCUT2D eigenvalue weighted by Gasteiger charge is 2.41. The lowest BCUT2D eigenvalue weighted by atomic mass is 10.0. The Labute approximate surface area is 139 Å². The SMILES string of the molecule is COc1ccc2c(c1)CCCN(C1CCN(CC(F)(F)F)C1=O)C2. The highest BCUT2D eigenvalue weighted by Crippen LogP contribution is 2.28. The molecule has 1 aromatic rings. The van der Waals surface area contributed by atoms with Crippen LogP contribution >= 0.6 is 0 Å². The quantitative estimate of drug-likeness (QED) is 0.847. The Morgan fingerprint density at radius 3 is 2.75 bits per heavy atom. The smallest absolute Gasteiger partial charge is 0.406 e. The fourth-order valence-electron chi connectivity index (χ4n) is 3.59. The van der Waals surface area contributed by atoms with Crippen LogP contribution in [0, 0.1) is 0 Å². The maximum Gasteiger partial charge on any atom is 0.406 e. The van der Waals surface area contributed by atoms with Crippen molar-refractivity contribution in [2.75, 3.05) is 26.7 Å². The summed E-state index contributed by atoms with van der Waals surface area (Å²) in [6.07, 6.45) is -2.12. The van der Waals surface area contributed by atoms with E-state index in [4.69, 9.17) is 4.74 Å². The number of hydrogen-bond donors (Lipinski definition) is 0. The van der Waals surface area contributed by atoms with Crippen LogP contribution in [0.4, 0.5) is 13.2 Å². The van der Waals surface area contributed by atoms with Gasteiger partial charge in [0.05, 0.1) is 13.2 Å². The largest absolute Gasteiger partial charge is 0.497 e. The van der Waals surface area contributed by atoms with E-state index in [0.29, 0.717) is 19.5 Å². The number of carbonyl (C=O) groups is 1. The van der Waals surface area contributed by atoms with E-state index in [-0.39, 0.29) is 6.54 Å². The second-order valence-electron chi connectivity index (χ2n) is 6.39. The highest BCUT2D eigenvalue weighted by molar-refractivity contribution is 5.84. The number of fused-ring (bicyclic) bond motifs is 1. The number of aryl methyl sites for hydroxylation is 1. The number of ether oxygens (including phenoxy) is 1. The molecule has 3 rings (SSSR count). The number of alkyl halides is 3. The van der Waals surface area contributed by atoms with Crippen LogP contribution < -0.4 is 4.74 Å².